The van der Waals surface area contributed by atoms with Crippen molar-refractivity contribution in [2.24, 2.45) is 0 Å². The van der Waals surface area contributed by atoms with Gasteiger partial charge in [-0.3, -0.25) is 0 Å². The first kappa shape index (κ1) is 14.2. The Labute approximate surface area is 104 Å². The predicted molar refractivity (Wildman–Crippen MR) is 69.8 cm³/mol. The Balaban J connectivity index is 2.35. The molecule has 0 saturated heterocycles. The van der Waals surface area contributed by atoms with Crippen molar-refractivity contribution >= 4 is 0 Å². The minimum absolute atomic E-state index is 0.280. The number of benzene rings is 1. The molecule has 3 nitrogen and oxygen atoms in total. The molecule has 0 spiro atoms. The molecule has 3 heteroatoms. The fraction of sp³-hybridized carbons (Fsp3) is 0.571. The van der Waals surface area contributed by atoms with E-state index in [1.165, 1.54) is 11.1 Å². The molecule has 0 aromatic heterocycles. The Bertz CT molecular complexity index is 302. The SMILES string of the molecule is CCOCc1ccccc1CNCCCCO. The van der Waals surface area contributed by atoms with Crippen molar-refractivity contribution in [3.8, 4) is 0 Å². The first-order valence-electron chi connectivity index (χ1n) is 6.34. The van der Waals surface area contributed by atoms with E-state index in [9.17, 15) is 0 Å². The lowest BCUT2D eigenvalue weighted by atomic mass is 10.1. The van der Waals surface area contributed by atoms with Gasteiger partial charge >= 0.3 is 0 Å². The van der Waals surface area contributed by atoms with Gasteiger partial charge in [0.05, 0.1) is 6.61 Å². The largest absolute Gasteiger partial charge is 0.396 e. The molecule has 0 radical (unpaired) electrons. The van der Waals surface area contributed by atoms with Crippen LogP contribution in [0.1, 0.15) is 30.9 Å². The monoisotopic (exact) mass is 237 g/mol. The molecular formula is C14H23NO2. The van der Waals surface area contributed by atoms with Gasteiger partial charge in [0.2, 0.25) is 0 Å². The molecule has 17 heavy (non-hydrogen) atoms. The van der Waals surface area contributed by atoms with E-state index < -0.39 is 0 Å². The van der Waals surface area contributed by atoms with Gasteiger partial charge in [-0.05, 0) is 37.4 Å². The summed E-state index contributed by atoms with van der Waals surface area (Å²) in [7, 11) is 0. The van der Waals surface area contributed by atoms with Gasteiger partial charge in [-0.15, -0.1) is 0 Å². The smallest absolute Gasteiger partial charge is 0.0719 e. The number of rotatable bonds is 9. The summed E-state index contributed by atoms with van der Waals surface area (Å²) in [5.74, 6) is 0. The van der Waals surface area contributed by atoms with Crippen LogP contribution in [0.15, 0.2) is 24.3 Å². The minimum Gasteiger partial charge on any atom is -0.396 e. The molecule has 0 saturated carbocycles. The zero-order valence-electron chi connectivity index (χ0n) is 10.6. The second-order valence-electron chi connectivity index (χ2n) is 4.01. The zero-order chi connectivity index (χ0) is 12.3. The molecule has 1 rings (SSSR count). The molecule has 1 aromatic rings. The lowest BCUT2D eigenvalue weighted by Gasteiger charge is -2.10. The van der Waals surface area contributed by atoms with E-state index in [0.29, 0.717) is 6.61 Å². The molecule has 0 amide bonds. The highest BCUT2D eigenvalue weighted by atomic mass is 16.5. The van der Waals surface area contributed by atoms with E-state index in [1.807, 2.05) is 13.0 Å². The third-order valence-electron chi connectivity index (χ3n) is 2.66. The van der Waals surface area contributed by atoms with Crippen LogP contribution in [0.25, 0.3) is 0 Å². The minimum atomic E-state index is 0.280. The van der Waals surface area contributed by atoms with Crippen LogP contribution in [0.3, 0.4) is 0 Å². The Morgan fingerprint density at radius 2 is 1.94 bits per heavy atom. The van der Waals surface area contributed by atoms with Crippen molar-refractivity contribution in [3.63, 3.8) is 0 Å². The van der Waals surface area contributed by atoms with Crippen LogP contribution >= 0.6 is 0 Å². The third-order valence-corrected chi connectivity index (χ3v) is 2.66. The van der Waals surface area contributed by atoms with Crippen LogP contribution in [-0.4, -0.2) is 24.9 Å². The summed E-state index contributed by atoms with van der Waals surface area (Å²) in [6, 6.07) is 8.34. The summed E-state index contributed by atoms with van der Waals surface area (Å²) in [4.78, 5) is 0. The van der Waals surface area contributed by atoms with Crippen molar-refractivity contribution < 1.29 is 9.84 Å². The maximum atomic E-state index is 8.68. The molecule has 0 aliphatic carbocycles. The average molecular weight is 237 g/mol. The summed E-state index contributed by atoms with van der Waals surface area (Å²) in [6.45, 7) is 5.54. The number of hydrogen-bond donors (Lipinski definition) is 2. The highest BCUT2D eigenvalue weighted by Crippen LogP contribution is 2.09. The third kappa shape index (κ3) is 5.82. The van der Waals surface area contributed by atoms with E-state index in [2.05, 4.69) is 23.5 Å². The van der Waals surface area contributed by atoms with E-state index in [4.69, 9.17) is 9.84 Å². The first-order valence-corrected chi connectivity index (χ1v) is 6.34. The fourth-order valence-corrected chi connectivity index (χ4v) is 1.67. The number of unbranched alkanes of at least 4 members (excludes halogenated alkanes) is 1. The van der Waals surface area contributed by atoms with Gasteiger partial charge in [-0.1, -0.05) is 24.3 Å². The normalized spacial score (nSPS) is 10.7. The Morgan fingerprint density at radius 1 is 1.18 bits per heavy atom. The molecule has 2 N–H and O–H groups in total. The lowest BCUT2D eigenvalue weighted by molar-refractivity contribution is 0.133. The molecule has 0 heterocycles. The molecule has 1 aromatic carbocycles. The molecule has 0 aliphatic rings. The number of nitrogens with one attached hydrogen (secondary N) is 1. The number of aliphatic hydroxyl groups is 1. The fourth-order valence-electron chi connectivity index (χ4n) is 1.67. The molecule has 0 aliphatic heterocycles. The quantitative estimate of drug-likeness (QED) is 0.646. The van der Waals surface area contributed by atoms with Crippen LogP contribution in [0.5, 0.6) is 0 Å². The van der Waals surface area contributed by atoms with Crippen LogP contribution in [0.2, 0.25) is 0 Å². The van der Waals surface area contributed by atoms with Crippen molar-refractivity contribution in [2.45, 2.75) is 32.9 Å². The molecule has 0 unspecified atom stereocenters. The predicted octanol–water partition coefficient (Wildman–Crippen LogP) is 2.09. The van der Waals surface area contributed by atoms with Gasteiger partial charge in [0.1, 0.15) is 0 Å². The van der Waals surface area contributed by atoms with Gasteiger partial charge in [-0.2, -0.15) is 0 Å². The van der Waals surface area contributed by atoms with Crippen molar-refractivity contribution in [3.05, 3.63) is 35.4 Å². The molecule has 0 bridgehead atoms. The summed E-state index contributed by atoms with van der Waals surface area (Å²) >= 11 is 0. The summed E-state index contributed by atoms with van der Waals surface area (Å²) in [5, 5.41) is 12.1. The van der Waals surface area contributed by atoms with Crippen molar-refractivity contribution in [1.82, 2.24) is 5.32 Å². The number of aliphatic hydroxyl groups excluding tert-OH is 1. The molecule has 0 atom stereocenters. The Hall–Kier alpha value is -0.900. The lowest BCUT2D eigenvalue weighted by Crippen LogP contribution is -2.16. The van der Waals surface area contributed by atoms with E-state index in [-0.39, 0.29) is 6.61 Å². The highest BCUT2D eigenvalue weighted by Gasteiger charge is 2.00. The van der Waals surface area contributed by atoms with Gasteiger partial charge < -0.3 is 15.2 Å². The Kier molecular flexibility index (Phi) is 7.63. The van der Waals surface area contributed by atoms with Gasteiger partial charge in [0.25, 0.3) is 0 Å². The average Bonchev–Trinajstić information content (AvgIpc) is 2.37. The molecule has 96 valence electrons. The second-order valence-corrected chi connectivity index (χ2v) is 4.01. The van der Waals surface area contributed by atoms with Crippen LogP contribution in [0.4, 0.5) is 0 Å². The van der Waals surface area contributed by atoms with E-state index in [0.717, 1.165) is 32.5 Å². The molecule has 0 fully saturated rings. The first-order chi connectivity index (χ1) is 8.38. The van der Waals surface area contributed by atoms with Gasteiger partial charge in [0.15, 0.2) is 0 Å². The van der Waals surface area contributed by atoms with Crippen LogP contribution < -0.4 is 5.32 Å². The van der Waals surface area contributed by atoms with E-state index in [1.54, 1.807) is 0 Å². The van der Waals surface area contributed by atoms with Gasteiger partial charge in [0, 0.05) is 19.8 Å². The summed E-state index contributed by atoms with van der Waals surface area (Å²) in [6.07, 6.45) is 1.89. The topological polar surface area (TPSA) is 41.5 Å². The van der Waals surface area contributed by atoms with E-state index >= 15 is 0 Å². The maximum absolute atomic E-state index is 8.68. The highest BCUT2D eigenvalue weighted by molar-refractivity contribution is 5.26. The maximum Gasteiger partial charge on any atom is 0.0719 e. The number of hydrogen-bond acceptors (Lipinski definition) is 3. The van der Waals surface area contributed by atoms with Gasteiger partial charge in [-0.25, -0.2) is 0 Å². The van der Waals surface area contributed by atoms with Crippen molar-refractivity contribution in [2.75, 3.05) is 19.8 Å². The second kappa shape index (κ2) is 9.16. The zero-order valence-corrected chi connectivity index (χ0v) is 10.6. The number of ether oxygens (including phenoxy) is 1. The summed E-state index contributed by atoms with van der Waals surface area (Å²) < 4.78 is 5.44. The van der Waals surface area contributed by atoms with Crippen molar-refractivity contribution in [1.29, 1.82) is 0 Å². The molecular weight excluding hydrogens is 214 g/mol. The standard InChI is InChI=1S/C14H23NO2/c1-2-17-12-14-8-4-3-7-13(14)11-15-9-5-6-10-16/h3-4,7-8,15-16H,2,5-6,9-12H2,1H3. The van der Waals surface area contributed by atoms with Crippen LogP contribution in [0, 0.1) is 0 Å². The summed E-state index contributed by atoms with van der Waals surface area (Å²) in [5.41, 5.74) is 2.55. The Morgan fingerprint density at radius 3 is 2.65 bits per heavy atom. The van der Waals surface area contributed by atoms with Crippen LogP contribution in [-0.2, 0) is 17.9 Å².